The highest BCUT2D eigenvalue weighted by molar-refractivity contribution is 4.86. The number of unbranched alkanes of at least 4 members (excludes halogenated alkanes) is 4. The molecule has 1 rings (SSSR count). The van der Waals surface area contributed by atoms with Gasteiger partial charge in [-0.05, 0) is 62.2 Å². The van der Waals surface area contributed by atoms with Gasteiger partial charge in [-0.2, -0.15) is 0 Å². The Morgan fingerprint density at radius 3 is 1.79 bits per heavy atom. The molecular formula is C24H48. The fraction of sp³-hybridized carbons (Fsp3) is 1.00. The lowest BCUT2D eigenvalue weighted by Gasteiger charge is -2.41. The van der Waals surface area contributed by atoms with Gasteiger partial charge in [-0.15, -0.1) is 0 Å². The Labute approximate surface area is 154 Å². The van der Waals surface area contributed by atoms with Crippen LogP contribution in [0.15, 0.2) is 0 Å². The molecule has 1 saturated carbocycles. The van der Waals surface area contributed by atoms with E-state index in [-0.39, 0.29) is 0 Å². The molecule has 0 nitrogen and oxygen atoms in total. The average molecular weight is 337 g/mol. The molecular weight excluding hydrogens is 288 g/mol. The van der Waals surface area contributed by atoms with Gasteiger partial charge in [0, 0.05) is 0 Å². The van der Waals surface area contributed by atoms with Crippen LogP contribution in [0, 0.1) is 17.3 Å². The summed E-state index contributed by atoms with van der Waals surface area (Å²) in [6.45, 7) is 9.45. The summed E-state index contributed by atoms with van der Waals surface area (Å²) in [5, 5.41) is 0. The molecule has 0 heterocycles. The van der Waals surface area contributed by atoms with Gasteiger partial charge >= 0.3 is 0 Å². The quantitative estimate of drug-likeness (QED) is 0.278. The first-order valence-electron chi connectivity index (χ1n) is 11.7. The van der Waals surface area contributed by atoms with Gasteiger partial charge < -0.3 is 0 Å². The van der Waals surface area contributed by atoms with Crippen molar-refractivity contribution < 1.29 is 0 Å². The zero-order valence-electron chi connectivity index (χ0n) is 17.7. The fourth-order valence-corrected chi connectivity index (χ4v) is 5.20. The van der Waals surface area contributed by atoms with Crippen LogP contribution in [0.4, 0.5) is 0 Å². The van der Waals surface area contributed by atoms with E-state index in [0.717, 1.165) is 17.3 Å². The summed E-state index contributed by atoms with van der Waals surface area (Å²) in [6, 6.07) is 0. The molecule has 0 aromatic heterocycles. The van der Waals surface area contributed by atoms with Crippen LogP contribution < -0.4 is 0 Å². The molecule has 144 valence electrons. The zero-order chi connectivity index (χ0) is 17.7. The Bertz CT molecular complexity index is 262. The van der Waals surface area contributed by atoms with Crippen LogP contribution in [0.3, 0.4) is 0 Å². The van der Waals surface area contributed by atoms with Gasteiger partial charge in [-0.1, -0.05) is 91.9 Å². The Hall–Kier alpha value is 0. The van der Waals surface area contributed by atoms with Crippen LogP contribution >= 0.6 is 0 Å². The molecule has 1 fully saturated rings. The van der Waals surface area contributed by atoms with E-state index in [2.05, 4.69) is 27.7 Å². The number of rotatable bonds is 14. The predicted octanol–water partition coefficient (Wildman–Crippen LogP) is 8.93. The second-order valence-corrected chi connectivity index (χ2v) is 9.04. The Kier molecular flexibility index (Phi) is 12.2. The highest BCUT2D eigenvalue weighted by Crippen LogP contribution is 2.48. The van der Waals surface area contributed by atoms with Crippen molar-refractivity contribution in [2.24, 2.45) is 17.3 Å². The monoisotopic (exact) mass is 336 g/mol. The van der Waals surface area contributed by atoms with Crippen molar-refractivity contribution in [1.82, 2.24) is 0 Å². The molecule has 0 radical (unpaired) electrons. The van der Waals surface area contributed by atoms with Gasteiger partial charge in [0.2, 0.25) is 0 Å². The molecule has 0 bridgehead atoms. The number of hydrogen-bond acceptors (Lipinski definition) is 0. The molecule has 0 aliphatic heterocycles. The topological polar surface area (TPSA) is 0 Å². The van der Waals surface area contributed by atoms with E-state index in [9.17, 15) is 0 Å². The largest absolute Gasteiger partial charge is 0.0654 e. The third-order valence-corrected chi connectivity index (χ3v) is 6.87. The maximum Gasteiger partial charge on any atom is -0.0297 e. The van der Waals surface area contributed by atoms with Gasteiger partial charge in [-0.3, -0.25) is 0 Å². The van der Waals surface area contributed by atoms with E-state index in [4.69, 9.17) is 0 Å². The standard InChI is InChI=1S/C24H48/c1-5-9-12-14-22(13-8-4)21-23-15-19-24(20-16-23,17-10-6-2)18-11-7-3/h22-23H,5-21H2,1-4H3. The Morgan fingerprint density at radius 2 is 1.29 bits per heavy atom. The van der Waals surface area contributed by atoms with Crippen LogP contribution in [-0.4, -0.2) is 0 Å². The molecule has 1 aliphatic carbocycles. The van der Waals surface area contributed by atoms with E-state index in [1.54, 1.807) is 32.1 Å². The highest BCUT2D eigenvalue weighted by Gasteiger charge is 2.34. The summed E-state index contributed by atoms with van der Waals surface area (Å²) >= 11 is 0. The molecule has 0 spiro atoms. The summed E-state index contributed by atoms with van der Waals surface area (Å²) < 4.78 is 0. The molecule has 0 amide bonds. The number of hydrogen-bond donors (Lipinski definition) is 0. The fourth-order valence-electron chi connectivity index (χ4n) is 5.20. The maximum atomic E-state index is 2.38. The van der Waals surface area contributed by atoms with E-state index in [1.165, 1.54) is 77.0 Å². The average Bonchev–Trinajstić information content (AvgIpc) is 2.60. The first kappa shape index (κ1) is 22.0. The SMILES string of the molecule is CCCCCC(CCC)CC1CCC(CCCC)(CCCC)CC1. The molecule has 24 heavy (non-hydrogen) atoms. The smallest absolute Gasteiger partial charge is 0.0297 e. The molecule has 0 N–H and O–H groups in total. The van der Waals surface area contributed by atoms with Crippen molar-refractivity contribution in [1.29, 1.82) is 0 Å². The highest BCUT2D eigenvalue weighted by atomic mass is 14.4. The molecule has 0 heteroatoms. The van der Waals surface area contributed by atoms with Crippen molar-refractivity contribution in [3.63, 3.8) is 0 Å². The second kappa shape index (κ2) is 13.2. The minimum atomic E-state index is 0.741. The van der Waals surface area contributed by atoms with Crippen LogP contribution in [0.25, 0.3) is 0 Å². The van der Waals surface area contributed by atoms with Gasteiger partial charge in [0.15, 0.2) is 0 Å². The van der Waals surface area contributed by atoms with Gasteiger partial charge in [0.05, 0.1) is 0 Å². The maximum absolute atomic E-state index is 2.38. The van der Waals surface area contributed by atoms with Gasteiger partial charge in [0.1, 0.15) is 0 Å². The van der Waals surface area contributed by atoms with E-state index >= 15 is 0 Å². The van der Waals surface area contributed by atoms with Crippen molar-refractivity contribution >= 4 is 0 Å². The first-order chi connectivity index (χ1) is 11.7. The van der Waals surface area contributed by atoms with Crippen molar-refractivity contribution in [2.45, 2.75) is 137 Å². The molecule has 0 aromatic rings. The van der Waals surface area contributed by atoms with Crippen molar-refractivity contribution in [2.75, 3.05) is 0 Å². The third-order valence-electron chi connectivity index (χ3n) is 6.87. The summed E-state index contributed by atoms with van der Waals surface area (Å²) in [4.78, 5) is 0. The summed E-state index contributed by atoms with van der Waals surface area (Å²) in [6.07, 6.45) is 25.1. The minimum absolute atomic E-state index is 0.741. The molecule has 0 saturated heterocycles. The summed E-state index contributed by atoms with van der Waals surface area (Å²) in [7, 11) is 0. The Balaban J connectivity index is 2.44. The van der Waals surface area contributed by atoms with Crippen LogP contribution in [0.2, 0.25) is 0 Å². The normalized spacial score (nSPS) is 19.5. The lowest BCUT2D eigenvalue weighted by Crippen LogP contribution is -2.28. The lowest BCUT2D eigenvalue weighted by molar-refractivity contribution is 0.105. The van der Waals surface area contributed by atoms with Gasteiger partial charge in [-0.25, -0.2) is 0 Å². The second-order valence-electron chi connectivity index (χ2n) is 9.04. The molecule has 0 aromatic carbocycles. The van der Waals surface area contributed by atoms with E-state index in [0.29, 0.717) is 0 Å². The minimum Gasteiger partial charge on any atom is -0.0654 e. The Morgan fingerprint density at radius 1 is 0.708 bits per heavy atom. The zero-order valence-corrected chi connectivity index (χ0v) is 17.7. The lowest BCUT2D eigenvalue weighted by atomic mass is 9.64. The van der Waals surface area contributed by atoms with E-state index < -0.39 is 0 Å². The molecule has 1 unspecified atom stereocenters. The predicted molar refractivity (Wildman–Crippen MR) is 111 cm³/mol. The van der Waals surface area contributed by atoms with Crippen LogP contribution in [-0.2, 0) is 0 Å². The summed E-state index contributed by atoms with van der Waals surface area (Å²) in [5.41, 5.74) is 0.741. The van der Waals surface area contributed by atoms with Crippen LogP contribution in [0.1, 0.15) is 137 Å². The first-order valence-corrected chi connectivity index (χ1v) is 11.7. The van der Waals surface area contributed by atoms with Crippen molar-refractivity contribution in [3.8, 4) is 0 Å². The summed E-state index contributed by atoms with van der Waals surface area (Å²) in [5.74, 6) is 2.09. The molecule has 1 atom stereocenters. The van der Waals surface area contributed by atoms with Gasteiger partial charge in [0.25, 0.3) is 0 Å². The van der Waals surface area contributed by atoms with Crippen LogP contribution in [0.5, 0.6) is 0 Å². The third kappa shape index (κ3) is 8.39. The molecule has 1 aliphatic rings. The van der Waals surface area contributed by atoms with Crippen molar-refractivity contribution in [3.05, 3.63) is 0 Å². The van der Waals surface area contributed by atoms with E-state index in [1.807, 2.05) is 0 Å².